The van der Waals surface area contributed by atoms with Crippen LogP contribution in [0.5, 0.6) is 11.5 Å². The summed E-state index contributed by atoms with van der Waals surface area (Å²) in [4.78, 5) is 0. The van der Waals surface area contributed by atoms with Gasteiger partial charge in [0.15, 0.2) is 0 Å². The molecule has 3 aromatic rings. The van der Waals surface area contributed by atoms with E-state index < -0.39 is 0 Å². The number of hydrogen-bond acceptors (Lipinski definition) is 6. The van der Waals surface area contributed by atoms with E-state index in [9.17, 15) is 0 Å². The van der Waals surface area contributed by atoms with Crippen molar-refractivity contribution in [2.24, 2.45) is 0 Å². The number of nitrogen functional groups attached to an aromatic ring is 1. The minimum absolute atomic E-state index is 0.378. The highest BCUT2D eigenvalue weighted by Crippen LogP contribution is 2.33. The molecular formula is C18H15N3O3. The lowest BCUT2D eigenvalue weighted by atomic mass is 10.1. The molecule has 0 amide bonds. The number of ether oxygens (including phenoxy) is 2. The van der Waals surface area contributed by atoms with Crippen LogP contribution in [0.2, 0.25) is 0 Å². The van der Waals surface area contributed by atoms with Crippen molar-refractivity contribution in [2.45, 2.75) is 0 Å². The van der Waals surface area contributed by atoms with Gasteiger partial charge in [0.25, 0.3) is 0 Å². The summed E-state index contributed by atoms with van der Waals surface area (Å²) in [6, 6.07) is 12.9. The lowest BCUT2D eigenvalue weighted by Crippen LogP contribution is -2.07. The van der Waals surface area contributed by atoms with Gasteiger partial charge < -0.3 is 19.6 Å². The number of hydrogen-bond donors (Lipinski definition) is 1. The van der Waals surface area contributed by atoms with Crippen LogP contribution < -0.4 is 15.2 Å². The Balaban J connectivity index is 1.67. The Labute approximate surface area is 138 Å². The van der Waals surface area contributed by atoms with Crippen molar-refractivity contribution >= 4 is 17.3 Å². The van der Waals surface area contributed by atoms with E-state index in [1.807, 2.05) is 36.4 Å². The number of nitrogens with zero attached hydrogens (tertiary/aromatic N) is 2. The highest BCUT2D eigenvalue weighted by atomic mass is 16.5. The molecule has 0 aliphatic carbocycles. The lowest BCUT2D eigenvalue weighted by molar-refractivity contribution is 0.358. The molecule has 2 N–H and O–H groups in total. The fraction of sp³-hybridized carbons (Fsp3) is 0.111. The van der Waals surface area contributed by atoms with Crippen LogP contribution >= 0.6 is 0 Å². The quantitative estimate of drug-likeness (QED) is 0.746. The zero-order valence-corrected chi connectivity index (χ0v) is 13.0. The fourth-order valence-electron chi connectivity index (χ4n) is 2.50. The first kappa shape index (κ1) is 14.3. The molecule has 0 spiro atoms. The van der Waals surface area contributed by atoms with Crippen LogP contribution in [0.1, 0.15) is 11.5 Å². The summed E-state index contributed by atoms with van der Waals surface area (Å²) in [5, 5.41) is 8.23. The summed E-state index contributed by atoms with van der Waals surface area (Å²) in [7, 11) is 1.63. The van der Waals surface area contributed by atoms with E-state index in [0.29, 0.717) is 24.1 Å². The second kappa shape index (κ2) is 5.73. The maximum Gasteiger partial charge on any atom is 0.248 e. The Morgan fingerprint density at radius 3 is 2.62 bits per heavy atom. The first-order valence-corrected chi connectivity index (χ1v) is 7.44. The molecule has 120 valence electrons. The smallest absolute Gasteiger partial charge is 0.248 e. The molecule has 6 nitrogen and oxygen atoms in total. The Hall–Kier alpha value is -3.28. The minimum atomic E-state index is 0.378. The van der Waals surface area contributed by atoms with Gasteiger partial charge in [0.05, 0.1) is 12.7 Å². The standard InChI is InChI=1S/C18H15N3O3/c1-22-15-6-7-16-12(9-15)8-13(10-23-16)18-21-20-17(24-18)11-2-4-14(19)5-3-11/h2-9H,10,19H2,1H3. The first-order valence-electron chi connectivity index (χ1n) is 7.44. The summed E-state index contributed by atoms with van der Waals surface area (Å²) in [5.41, 5.74) is 8.95. The monoisotopic (exact) mass is 321 g/mol. The lowest BCUT2D eigenvalue weighted by Gasteiger charge is -2.16. The van der Waals surface area contributed by atoms with Crippen LogP contribution in [0.15, 0.2) is 46.9 Å². The largest absolute Gasteiger partial charge is 0.497 e. The minimum Gasteiger partial charge on any atom is -0.497 e. The molecule has 2 aromatic carbocycles. The molecule has 0 bridgehead atoms. The maximum atomic E-state index is 5.78. The molecule has 4 rings (SSSR count). The molecule has 24 heavy (non-hydrogen) atoms. The maximum absolute atomic E-state index is 5.78. The van der Waals surface area contributed by atoms with E-state index in [-0.39, 0.29) is 0 Å². The van der Waals surface area contributed by atoms with Crippen LogP contribution in [0.25, 0.3) is 23.1 Å². The van der Waals surface area contributed by atoms with Crippen LogP contribution in [-0.2, 0) is 0 Å². The Morgan fingerprint density at radius 2 is 1.83 bits per heavy atom. The van der Waals surface area contributed by atoms with Gasteiger partial charge in [0, 0.05) is 16.8 Å². The average Bonchev–Trinajstić information content (AvgIpc) is 3.11. The van der Waals surface area contributed by atoms with E-state index >= 15 is 0 Å². The number of methoxy groups -OCH3 is 1. The molecule has 0 fully saturated rings. The van der Waals surface area contributed by atoms with E-state index in [4.69, 9.17) is 19.6 Å². The topological polar surface area (TPSA) is 83.4 Å². The Kier molecular flexibility index (Phi) is 3.42. The molecule has 0 radical (unpaired) electrons. The van der Waals surface area contributed by atoms with Gasteiger partial charge in [-0.2, -0.15) is 0 Å². The third-order valence-electron chi connectivity index (χ3n) is 3.79. The van der Waals surface area contributed by atoms with Crippen molar-refractivity contribution in [3.8, 4) is 23.0 Å². The van der Waals surface area contributed by atoms with Gasteiger partial charge in [-0.25, -0.2) is 0 Å². The van der Waals surface area contributed by atoms with Crippen molar-refractivity contribution in [3.05, 3.63) is 53.9 Å². The molecule has 2 heterocycles. The molecule has 0 atom stereocenters. The van der Waals surface area contributed by atoms with E-state index in [0.717, 1.165) is 28.2 Å². The molecule has 1 aliphatic heterocycles. The first-order chi connectivity index (χ1) is 11.7. The summed E-state index contributed by atoms with van der Waals surface area (Å²) < 4.78 is 16.8. The molecule has 1 aromatic heterocycles. The zero-order chi connectivity index (χ0) is 16.5. The molecule has 1 aliphatic rings. The van der Waals surface area contributed by atoms with Gasteiger partial charge in [-0.05, 0) is 48.5 Å². The van der Waals surface area contributed by atoms with Gasteiger partial charge >= 0.3 is 0 Å². The van der Waals surface area contributed by atoms with E-state index in [2.05, 4.69) is 10.2 Å². The van der Waals surface area contributed by atoms with Crippen molar-refractivity contribution in [1.29, 1.82) is 0 Å². The number of anilines is 1. The van der Waals surface area contributed by atoms with Gasteiger partial charge in [-0.15, -0.1) is 10.2 Å². The SMILES string of the molecule is COc1ccc2c(c1)C=C(c1nnc(-c3ccc(N)cc3)o1)CO2. The number of benzene rings is 2. The third-order valence-corrected chi connectivity index (χ3v) is 3.79. The predicted molar refractivity (Wildman–Crippen MR) is 90.5 cm³/mol. The Bertz CT molecular complexity index is 914. The average molecular weight is 321 g/mol. The van der Waals surface area contributed by atoms with Gasteiger partial charge in [-0.3, -0.25) is 0 Å². The molecule has 0 saturated carbocycles. The van der Waals surface area contributed by atoms with Gasteiger partial charge in [0.2, 0.25) is 11.8 Å². The normalized spacial score (nSPS) is 13.0. The summed E-state index contributed by atoms with van der Waals surface area (Å²) in [6.07, 6.45) is 1.97. The van der Waals surface area contributed by atoms with Gasteiger partial charge in [0.1, 0.15) is 18.1 Å². The predicted octanol–water partition coefficient (Wildman–Crippen LogP) is 3.26. The van der Waals surface area contributed by atoms with Crippen LogP contribution in [0.3, 0.4) is 0 Å². The number of fused-ring (bicyclic) bond motifs is 1. The zero-order valence-electron chi connectivity index (χ0n) is 13.0. The van der Waals surface area contributed by atoms with Crippen LogP contribution in [0, 0.1) is 0 Å². The molecular weight excluding hydrogens is 306 g/mol. The van der Waals surface area contributed by atoms with Crippen LogP contribution in [-0.4, -0.2) is 23.9 Å². The van der Waals surface area contributed by atoms with Gasteiger partial charge in [-0.1, -0.05) is 0 Å². The Morgan fingerprint density at radius 1 is 1.04 bits per heavy atom. The van der Waals surface area contributed by atoms with Crippen LogP contribution in [0.4, 0.5) is 5.69 Å². The third kappa shape index (κ3) is 2.58. The van der Waals surface area contributed by atoms with Crippen molar-refractivity contribution in [1.82, 2.24) is 10.2 Å². The van der Waals surface area contributed by atoms with Crippen molar-refractivity contribution in [2.75, 3.05) is 19.5 Å². The summed E-state index contributed by atoms with van der Waals surface area (Å²) in [5.74, 6) is 2.46. The van der Waals surface area contributed by atoms with E-state index in [1.54, 1.807) is 19.2 Å². The number of nitrogens with two attached hydrogens (primary N) is 1. The van der Waals surface area contributed by atoms with Crippen molar-refractivity contribution in [3.63, 3.8) is 0 Å². The summed E-state index contributed by atoms with van der Waals surface area (Å²) >= 11 is 0. The highest BCUT2D eigenvalue weighted by molar-refractivity contribution is 5.83. The molecule has 0 unspecified atom stereocenters. The van der Waals surface area contributed by atoms with Crippen molar-refractivity contribution < 1.29 is 13.9 Å². The number of rotatable bonds is 3. The summed E-state index contributed by atoms with van der Waals surface area (Å²) in [6.45, 7) is 0.378. The highest BCUT2D eigenvalue weighted by Gasteiger charge is 2.18. The molecule has 0 saturated heterocycles. The fourth-order valence-corrected chi connectivity index (χ4v) is 2.50. The molecule has 6 heteroatoms. The second-order valence-electron chi connectivity index (χ2n) is 5.40. The number of aromatic nitrogens is 2. The second-order valence-corrected chi connectivity index (χ2v) is 5.40. The van der Waals surface area contributed by atoms with E-state index in [1.165, 1.54) is 0 Å².